The number of allylic oxidation sites excluding steroid dienone is 1. The predicted octanol–water partition coefficient (Wildman–Crippen LogP) is 3.32. The van der Waals surface area contributed by atoms with Crippen molar-refractivity contribution in [3.05, 3.63) is 47.5 Å². The summed E-state index contributed by atoms with van der Waals surface area (Å²) in [5.41, 5.74) is 0.760. The Balaban J connectivity index is 2.37. The first-order chi connectivity index (χ1) is 12.0. The Labute approximate surface area is 146 Å². The van der Waals surface area contributed by atoms with Crippen LogP contribution in [0, 0.1) is 0 Å². The number of rotatable bonds is 7. The van der Waals surface area contributed by atoms with Crippen LogP contribution in [-0.4, -0.2) is 39.3 Å². The summed E-state index contributed by atoms with van der Waals surface area (Å²) in [5, 5.41) is 9.97. The molecule has 0 spiro atoms. The first-order valence-corrected chi connectivity index (χ1v) is 7.43. The van der Waals surface area contributed by atoms with Crippen LogP contribution in [0.15, 0.2) is 36.4 Å². The number of phenols is 1. The van der Waals surface area contributed by atoms with Crippen molar-refractivity contribution in [2.45, 2.75) is 0 Å². The zero-order valence-corrected chi connectivity index (χ0v) is 14.5. The highest BCUT2D eigenvalue weighted by atomic mass is 16.5. The number of hydrogen-bond donors (Lipinski definition) is 1. The number of carbonyl (C=O) groups is 1. The quantitative estimate of drug-likeness (QED) is 0.613. The maximum Gasteiger partial charge on any atom is 0.193 e. The Hall–Kier alpha value is -3.15. The van der Waals surface area contributed by atoms with Gasteiger partial charge in [-0.05, 0) is 24.3 Å². The summed E-state index contributed by atoms with van der Waals surface area (Å²) in [7, 11) is 5.95. The van der Waals surface area contributed by atoms with Crippen LogP contribution in [0.4, 0.5) is 0 Å². The number of aromatic hydroxyl groups is 1. The minimum atomic E-state index is -0.327. The van der Waals surface area contributed by atoms with Crippen LogP contribution in [0.5, 0.6) is 28.7 Å². The summed E-state index contributed by atoms with van der Waals surface area (Å²) < 4.78 is 20.8. The molecule has 0 radical (unpaired) electrons. The average molecular weight is 344 g/mol. The van der Waals surface area contributed by atoms with E-state index in [2.05, 4.69) is 0 Å². The van der Waals surface area contributed by atoms with E-state index < -0.39 is 0 Å². The minimum absolute atomic E-state index is 0.0112. The lowest BCUT2D eigenvalue weighted by Crippen LogP contribution is -2.03. The van der Waals surface area contributed by atoms with Gasteiger partial charge in [0.05, 0.1) is 28.4 Å². The fourth-order valence-electron chi connectivity index (χ4n) is 2.29. The van der Waals surface area contributed by atoms with E-state index in [4.69, 9.17) is 18.9 Å². The van der Waals surface area contributed by atoms with Crippen LogP contribution >= 0.6 is 0 Å². The first-order valence-electron chi connectivity index (χ1n) is 7.43. The van der Waals surface area contributed by atoms with Crippen LogP contribution in [0.3, 0.4) is 0 Å². The topological polar surface area (TPSA) is 74.2 Å². The Kier molecular flexibility index (Phi) is 5.89. The zero-order chi connectivity index (χ0) is 18.4. The highest BCUT2D eigenvalue weighted by molar-refractivity contribution is 6.10. The number of carbonyl (C=O) groups excluding carboxylic acids is 1. The summed E-state index contributed by atoms with van der Waals surface area (Å²) in [5.74, 6) is 1.40. The van der Waals surface area contributed by atoms with Gasteiger partial charge in [-0.2, -0.15) is 0 Å². The Morgan fingerprint density at radius 2 is 1.48 bits per heavy atom. The van der Waals surface area contributed by atoms with Gasteiger partial charge in [-0.25, -0.2) is 0 Å². The second-order valence-corrected chi connectivity index (χ2v) is 5.03. The second-order valence-electron chi connectivity index (χ2n) is 5.03. The van der Waals surface area contributed by atoms with Crippen molar-refractivity contribution in [3.8, 4) is 28.7 Å². The molecule has 0 heterocycles. The van der Waals surface area contributed by atoms with Crippen LogP contribution < -0.4 is 18.9 Å². The third-order valence-corrected chi connectivity index (χ3v) is 3.61. The minimum Gasteiger partial charge on any atom is -0.507 e. The molecular formula is C19H20O6. The van der Waals surface area contributed by atoms with Gasteiger partial charge < -0.3 is 24.1 Å². The van der Waals surface area contributed by atoms with Gasteiger partial charge in [0.1, 0.15) is 34.3 Å². The molecule has 6 heteroatoms. The van der Waals surface area contributed by atoms with Gasteiger partial charge in [0.2, 0.25) is 0 Å². The molecule has 0 amide bonds. The van der Waals surface area contributed by atoms with E-state index in [0.717, 1.165) is 0 Å². The van der Waals surface area contributed by atoms with Gasteiger partial charge in [0.25, 0.3) is 0 Å². The molecule has 2 rings (SSSR count). The van der Waals surface area contributed by atoms with Crippen LogP contribution in [0.1, 0.15) is 15.9 Å². The number of ketones is 1. The predicted molar refractivity (Wildman–Crippen MR) is 94.1 cm³/mol. The molecule has 25 heavy (non-hydrogen) atoms. The molecular weight excluding hydrogens is 324 g/mol. The van der Waals surface area contributed by atoms with Crippen molar-refractivity contribution >= 4 is 11.9 Å². The van der Waals surface area contributed by atoms with Crippen molar-refractivity contribution in [2.24, 2.45) is 0 Å². The average Bonchev–Trinajstić information content (AvgIpc) is 2.65. The second kappa shape index (κ2) is 8.10. The molecule has 0 fully saturated rings. The summed E-state index contributed by atoms with van der Waals surface area (Å²) in [4.78, 5) is 12.6. The van der Waals surface area contributed by atoms with Gasteiger partial charge in [-0.15, -0.1) is 0 Å². The van der Waals surface area contributed by atoms with E-state index in [1.807, 2.05) is 0 Å². The maximum atomic E-state index is 12.6. The fourth-order valence-corrected chi connectivity index (χ4v) is 2.29. The number of ether oxygens (including phenoxy) is 4. The number of hydrogen-bond acceptors (Lipinski definition) is 6. The van der Waals surface area contributed by atoms with E-state index in [0.29, 0.717) is 28.6 Å². The molecule has 2 aromatic rings. The van der Waals surface area contributed by atoms with Gasteiger partial charge in [0, 0.05) is 23.8 Å². The van der Waals surface area contributed by atoms with Crippen molar-refractivity contribution < 1.29 is 28.8 Å². The molecule has 2 aromatic carbocycles. The zero-order valence-electron chi connectivity index (χ0n) is 14.5. The van der Waals surface area contributed by atoms with E-state index in [1.165, 1.54) is 46.7 Å². The third-order valence-electron chi connectivity index (χ3n) is 3.61. The molecule has 0 aliphatic heterocycles. The molecule has 0 aliphatic rings. The molecule has 0 bridgehead atoms. The molecule has 0 saturated heterocycles. The van der Waals surface area contributed by atoms with Gasteiger partial charge in [-0.3, -0.25) is 4.79 Å². The summed E-state index contributed by atoms with van der Waals surface area (Å²) >= 11 is 0. The molecule has 0 unspecified atom stereocenters. The number of benzene rings is 2. The SMILES string of the molecule is COc1ccc(/C=C/C(=O)c2c(OC)cc(OC)cc2OC)c(O)c1. The lowest BCUT2D eigenvalue weighted by atomic mass is 10.1. The normalized spacial score (nSPS) is 10.6. The van der Waals surface area contributed by atoms with Gasteiger partial charge in [-0.1, -0.05) is 0 Å². The Morgan fingerprint density at radius 3 is 1.96 bits per heavy atom. The van der Waals surface area contributed by atoms with Gasteiger partial charge >= 0.3 is 0 Å². The largest absolute Gasteiger partial charge is 0.507 e. The molecule has 132 valence electrons. The standard InChI is InChI=1S/C19H20O6/c1-22-13-7-5-12(16(21)9-13)6-8-15(20)19-17(24-3)10-14(23-2)11-18(19)25-4/h5-11,21H,1-4H3/b8-6+. The van der Waals surface area contributed by atoms with Crippen molar-refractivity contribution in [1.82, 2.24) is 0 Å². The highest BCUT2D eigenvalue weighted by Crippen LogP contribution is 2.35. The van der Waals surface area contributed by atoms with Crippen molar-refractivity contribution in [1.29, 1.82) is 0 Å². The third kappa shape index (κ3) is 4.03. The monoisotopic (exact) mass is 344 g/mol. The van der Waals surface area contributed by atoms with Crippen molar-refractivity contribution in [3.63, 3.8) is 0 Å². The van der Waals surface area contributed by atoms with Crippen LogP contribution in [0.2, 0.25) is 0 Å². The number of phenolic OH excluding ortho intramolecular Hbond substituents is 1. The molecule has 0 saturated carbocycles. The highest BCUT2D eigenvalue weighted by Gasteiger charge is 2.18. The van der Waals surface area contributed by atoms with E-state index >= 15 is 0 Å². The Bertz CT molecular complexity index is 769. The molecule has 6 nitrogen and oxygen atoms in total. The fraction of sp³-hybridized carbons (Fsp3) is 0.211. The van der Waals surface area contributed by atoms with Gasteiger partial charge in [0.15, 0.2) is 5.78 Å². The van der Waals surface area contributed by atoms with Crippen molar-refractivity contribution in [2.75, 3.05) is 28.4 Å². The smallest absolute Gasteiger partial charge is 0.193 e. The molecule has 1 N–H and O–H groups in total. The maximum absolute atomic E-state index is 12.6. The number of methoxy groups -OCH3 is 4. The molecule has 0 aromatic heterocycles. The van der Waals surface area contributed by atoms with Crippen LogP contribution in [0.25, 0.3) is 6.08 Å². The lowest BCUT2D eigenvalue weighted by molar-refractivity contribution is 0.104. The Morgan fingerprint density at radius 1 is 0.880 bits per heavy atom. The molecule has 0 atom stereocenters. The van der Waals surface area contributed by atoms with E-state index in [-0.39, 0.29) is 17.1 Å². The van der Waals surface area contributed by atoms with Crippen LogP contribution in [-0.2, 0) is 0 Å². The lowest BCUT2D eigenvalue weighted by Gasteiger charge is -2.13. The first kappa shape index (κ1) is 18.2. The molecule has 0 aliphatic carbocycles. The summed E-state index contributed by atoms with van der Waals surface area (Å²) in [6.45, 7) is 0. The van der Waals surface area contributed by atoms with E-state index in [1.54, 1.807) is 24.3 Å². The summed E-state index contributed by atoms with van der Waals surface area (Å²) in [6, 6.07) is 8.03. The van der Waals surface area contributed by atoms with E-state index in [9.17, 15) is 9.90 Å². The summed E-state index contributed by atoms with van der Waals surface area (Å²) in [6.07, 6.45) is 2.86.